The minimum absolute atomic E-state index is 0.225. The maximum absolute atomic E-state index is 13.5. The van der Waals surface area contributed by atoms with E-state index < -0.39 is 6.04 Å². The summed E-state index contributed by atoms with van der Waals surface area (Å²) in [7, 11) is 1.68. The summed E-state index contributed by atoms with van der Waals surface area (Å²) < 4.78 is 13.5. The molecule has 1 heterocycles. The van der Waals surface area contributed by atoms with Gasteiger partial charge in [0.1, 0.15) is 11.9 Å². The van der Waals surface area contributed by atoms with Crippen molar-refractivity contribution in [2.75, 3.05) is 13.6 Å². The van der Waals surface area contributed by atoms with Crippen LogP contribution in [0.25, 0.3) is 0 Å². The molecule has 2 amide bonds. The number of carbonyl (C=O) groups is 1. The molecule has 0 bridgehead atoms. The predicted molar refractivity (Wildman–Crippen MR) is 79.3 cm³/mol. The second-order valence-electron chi connectivity index (χ2n) is 4.66. The molecule has 4 nitrogen and oxygen atoms in total. The lowest BCUT2D eigenvalue weighted by molar-refractivity contribution is 0.198. The van der Waals surface area contributed by atoms with Gasteiger partial charge in [-0.1, -0.05) is 18.2 Å². The van der Waals surface area contributed by atoms with Crippen LogP contribution in [0.3, 0.4) is 0 Å². The first kappa shape index (κ1) is 15.0. The molecule has 1 unspecified atom stereocenters. The number of amides is 2. The predicted octanol–water partition coefficient (Wildman–Crippen LogP) is 2.97. The van der Waals surface area contributed by atoms with Crippen LogP contribution in [0.4, 0.5) is 9.18 Å². The van der Waals surface area contributed by atoms with E-state index in [2.05, 4.69) is 10.3 Å². The highest BCUT2D eigenvalue weighted by molar-refractivity contribution is 5.74. The van der Waals surface area contributed by atoms with Gasteiger partial charge in [-0.3, -0.25) is 4.98 Å². The second kappa shape index (κ2) is 6.83. The van der Waals surface area contributed by atoms with Gasteiger partial charge in [0.2, 0.25) is 0 Å². The smallest absolute Gasteiger partial charge is 0.317 e. The summed E-state index contributed by atoms with van der Waals surface area (Å²) in [5.74, 6) is -0.335. The van der Waals surface area contributed by atoms with Crippen LogP contribution in [0.2, 0.25) is 0 Å². The Kier molecular flexibility index (Phi) is 4.87. The van der Waals surface area contributed by atoms with Gasteiger partial charge in [-0.15, -0.1) is 0 Å². The van der Waals surface area contributed by atoms with Crippen LogP contribution in [0.1, 0.15) is 24.2 Å². The van der Waals surface area contributed by atoms with E-state index in [1.807, 2.05) is 19.1 Å². The van der Waals surface area contributed by atoms with Crippen molar-refractivity contribution in [2.45, 2.75) is 13.0 Å². The van der Waals surface area contributed by atoms with Crippen molar-refractivity contribution in [3.63, 3.8) is 0 Å². The zero-order chi connectivity index (χ0) is 15.2. The van der Waals surface area contributed by atoms with E-state index in [1.54, 1.807) is 31.4 Å². The zero-order valence-electron chi connectivity index (χ0n) is 12.1. The van der Waals surface area contributed by atoms with Gasteiger partial charge < -0.3 is 10.2 Å². The fourth-order valence-electron chi connectivity index (χ4n) is 2.20. The van der Waals surface area contributed by atoms with Crippen LogP contribution in [0, 0.1) is 5.82 Å². The third-order valence-electron chi connectivity index (χ3n) is 3.17. The first-order valence-corrected chi connectivity index (χ1v) is 6.80. The number of benzene rings is 1. The number of hydrogen-bond acceptors (Lipinski definition) is 2. The van der Waals surface area contributed by atoms with Crippen LogP contribution in [-0.4, -0.2) is 29.5 Å². The average molecular weight is 287 g/mol. The Morgan fingerprint density at radius 1 is 1.33 bits per heavy atom. The van der Waals surface area contributed by atoms with E-state index in [9.17, 15) is 9.18 Å². The fraction of sp³-hybridized carbons (Fsp3) is 0.250. The molecule has 0 saturated heterocycles. The lowest BCUT2D eigenvalue weighted by Crippen LogP contribution is -2.40. The molecule has 110 valence electrons. The Balaban J connectivity index is 2.42. The number of aromatic nitrogens is 1. The number of hydrogen-bond donors (Lipinski definition) is 1. The monoisotopic (exact) mass is 287 g/mol. The number of rotatable bonds is 4. The molecular formula is C16H18FN3O. The maximum Gasteiger partial charge on any atom is 0.317 e. The second-order valence-corrected chi connectivity index (χ2v) is 4.66. The van der Waals surface area contributed by atoms with E-state index >= 15 is 0 Å². The lowest BCUT2D eigenvalue weighted by atomic mass is 10.0. The number of halogens is 1. The van der Waals surface area contributed by atoms with Crippen LogP contribution in [0.5, 0.6) is 0 Å². The molecule has 2 rings (SSSR count). The van der Waals surface area contributed by atoms with E-state index in [-0.39, 0.29) is 11.8 Å². The van der Waals surface area contributed by atoms with Crippen molar-refractivity contribution in [3.8, 4) is 0 Å². The molecule has 21 heavy (non-hydrogen) atoms. The molecule has 5 heteroatoms. The van der Waals surface area contributed by atoms with Crippen molar-refractivity contribution in [1.82, 2.24) is 15.2 Å². The van der Waals surface area contributed by atoms with Crippen molar-refractivity contribution in [3.05, 3.63) is 65.7 Å². The molecular weight excluding hydrogens is 269 g/mol. The van der Waals surface area contributed by atoms with Gasteiger partial charge in [-0.25, -0.2) is 9.18 Å². The lowest BCUT2D eigenvalue weighted by Gasteiger charge is -2.28. The van der Waals surface area contributed by atoms with Gasteiger partial charge in [0.05, 0.1) is 5.69 Å². The molecule has 1 atom stereocenters. The Labute approximate surface area is 123 Å². The minimum Gasteiger partial charge on any atom is -0.338 e. The molecule has 1 aromatic heterocycles. The largest absolute Gasteiger partial charge is 0.338 e. The molecule has 0 fully saturated rings. The van der Waals surface area contributed by atoms with Gasteiger partial charge in [0.15, 0.2) is 0 Å². The van der Waals surface area contributed by atoms with Gasteiger partial charge >= 0.3 is 6.03 Å². The summed E-state index contributed by atoms with van der Waals surface area (Å²) in [5.41, 5.74) is 1.37. The summed E-state index contributed by atoms with van der Waals surface area (Å²) in [5, 5.41) is 2.75. The first-order chi connectivity index (χ1) is 10.1. The number of nitrogens with one attached hydrogen (secondary N) is 1. The van der Waals surface area contributed by atoms with E-state index in [1.165, 1.54) is 17.0 Å². The van der Waals surface area contributed by atoms with Crippen molar-refractivity contribution >= 4 is 6.03 Å². The molecule has 2 aromatic rings. The van der Waals surface area contributed by atoms with Gasteiger partial charge in [0.25, 0.3) is 0 Å². The highest BCUT2D eigenvalue weighted by atomic mass is 19.1. The molecule has 0 spiro atoms. The fourth-order valence-corrected chi connectivity index (χ4v) is 2.20. The topological polar surface area (TPSA) is 45.2 Å². The molecule has 1 aromatic carbocycles. The summed E-state index contributed by atoms with van der Waals surface area (Å²) in [4.78, 5) is 17.9. The number of carbonyl (C=O) groups excluding carboxylic acids is 1. The quantitative estimate of drug-likeness (QED) is 0.939. The molecule has 0 aliphatic heterocycles. The average Bonchev–Trinajstić information content (AvgIpc) is 2.49. The highest BCUT2D eigenvalue weighted by Gasteiger charge is 2.24. The van der Waals surface area contributed by atoms with Gasteiger partial charge in [-0.2, -0.15) is 0 Å². The normalized spacial score (nSPS) is 11.8. The van der Waals surface area contributed by atoms with E-state index in [4.69, 9.17) is 0 Å². The van der Waals surface area contributed by atoms with Crippen molar-refractivity contribution in [2.24, 2.45) is 0 Å². The standard InChI is InChI=1S/C16H18FN3O/c1-3-18-16(21)20(2)15(14-9-4-5-10-19-14)12-7-6-8-13(17)11-12/h4-11,15H,3H2,1-2H3,(H,18,21). The number of pyridine rings is 1. The minimum atomic E-state index is -0.437. The van der Waals surface area contributed by atoms with Crippen molar-refractivity contribution < 1.29 is 9.18 Å². The van der Waals surface area contributed by atoms with Crippen LogP contribution >= 0.6 is 0 Å². The summed E-state index contributed by atoms with van der Waals surface area (Å²) in [6.45, 7) is 2.38. The maximum atomic E-state index is 13.5. The Morgan fingerprint density at radius 3 is 2.76 bits per heavy atom. The van der Waals surface area contributed by atoms with Crippen LogP contribution in [-0.2, 0) is 0 Å². The van der Waals surface area contributed by atoms with Crippen LogP contribution in [0.15, 0.2) is 48.7 Å². The highest BCUT2D eigenvalue weighted by Crippen LogP contribution is 2.26. The third-order valence-corrected chi connectivity index (χ3v) is 3.17. The van der Waals surface area contributed by atoms with Gasteiger partial charge in [-0.05, 0) is 36.8 Å². The number of urea groups is 1. The van der Waals surface area contributed by atoms with Crippen LogP contribution < -0.4 is 5.32 Å². The zero-order valence-corrected chi connectivity index (χ0v) is 12.1. The Hall–Kier alpha value is -2.43. The van der Waals surface area contributed by atoms with Gasteiger partial charge in [0, 0.05) is 19.8 Å². The molecule has 0 aliphatic rings. The first-order valence-electron chi connectivity index (χ1n) is 6.80. The summed E-state index contributed by atoms with van der Waals surface area (Å²) in [6.07, 6.45) is 1.66. The molecule has 1 N–H and O–H groups in total. The Bertz CT molecular complexity index is 603. The molecule has 0 aliphatic carbocycles. The summed E-state index contributed by atoms with van der Waals surface area (Å²) >= 11 is 0. The van der Waals surface area contributed by atoms with Crippen molar-refractivity contribution in [1.29, 1.82) is 0 Å². The number of nitrogens with zero attached hydrogens (tertiary/aromatic N) is 2. The molecule has 0 radical (unpaired) electrons. The van der Waals surface area contributed by atoms with E-state index in [0.717, 1.165) is 0 Å². The SMILES string of the molecule is CCNC(=O)N(C)C(c1cccc(F)c1)c1ccccn1. The van der Waals surface area contributed by atoms with E-state index in [0.29, 0.717) is 17.8 Å². The third kappa shape index (κ3) is 3.56. The Morgan fingerprint density at radius 2 is 2.14 bits per heavy atom. The summed E-state index contributed by atoms with van der Waals surface area (Å²) in [6, 6.07) is 11.0. The molecule has 0 saturated carbocycles.